The second-order valence-corrected chi connectivity index (χ2v) is 8.33. The number of para-hydroxylation sites is 1. The van der Waals surface area contributed by atoms with E-state index < -0.39 is 6.04 Å². The SMILES string of the molecule is C=C([C@H](C)Nc1ncnc(N)c1-c1noc(C)n1)N(C(=O)c1c(C)cccc1C#CC)c1ccccc1. The number of hydrogen-bond donors (Lipinski definition) is 2. The molecule has 0 spiro atoms. The fourth-order valence-electron chi connectivity index (χ4n) is 3.90. The first-order chi connectivity index (χ1) is 17.8. The van der Waals surface area contributed by atoms with Crippen molar-refractivity contribution in [3.8, 4) is 23.2 Å². The summed E-state index contributed by atoms with van der Waals surface area (Å²) in [6, 6.07) is 14.5. The van der Waals surface area contributed by atoms with E-state index in [4.69, 9.17) is 10.3 Å². The molecule has 1 atom stereocenters. The highest BCUT2D eigenvalue weighted by Crippen LogP contribution is 2.31. The van der Waals surface area contributed by atoms with E-state index in [2.05, 4.69) is 43.8 Å². The molecular weight excluding hydrogens is 466 g/mol. The zero-order valence-electron chi connectivity index (χ0n) is 21.1. The number of benzene rings is 2. The number of carbonyl (C=O) groups excluding carboxylic acids is 1. The van der Waals surface area contributed by atoms with Crippen LogP contribution in [0.2, 0.25) is 0 Å². The van der Waals surface area contributed by atoms with Crippen LogP contribution >= 0.6 is 0 Å². The highest BCUT2D eigenvalue weighted by Gasteiger charge is 2.28. The maximum Gasteiger partial charge on any atom is 0.264 e. The molecular formula is C28H27N7O2. The van der Waals surface area contributed by atoms with Crippen LogP contribution in [0, 0.1) is 25.7 Å². The molecule has 37 heavy (non-hydrogen) atoms. The second-order valence-electron chi connectivity index (χ2n) is 8.33. The standard InChI is InChI=1S/C28H27N7O2/c1-6-11-21-13-10-12-17(2)23(21)28(36)35(22-14-8-7-9-15-22)19(4)18(3)32-26-24(25(29)30-16-31-26)27-33-20(5)37-34-27/h7-10,12-16,18H,4H2,1-3,5H3,(H3,29,30,31,32)/t18-/m0/s1. The zero-order valence-corrected chi connectivity index (χ0v) is 21.1. The first-order valence-corrected chi connectivity index (χ1v) is 11.6. The van der Waals surface area contributed by atoms with Crippen molar-refractivity contribution < 1.29 is 9.32 Å². The quantitative estimate of drug-likeness (QED) is 0.353. The lowest BCUT2D eigenvalue weighted by molar-refractivity contribution is 0.0993. The third-order valence-corrected chi connectivity index (χ3v) is 5.73. The van der Waals surface area contributed by atoms with E-state index in [9.17, 15) is 4.79 Å². The van der Waals surface area contributed by atoms with Gasteiger partial charge >= 0.3 is 0 Å². The minimum atomic E-state index is -0.463. The number of amides is 1. The summed E-state index contributed by atoms with van der Waals surface area (Å²) in [5.74, 6) is 6.92. The molecule has 0 aliphatic heterocycles. The molecule has 186 valence electrons. The van der Waals surface area contributed by atoms with E-state index in [0.717, 1.165) is 5.56 Å². The first kappa shape index (κ1) is 25.1. The van der Waals surface area contributed by atoms with Crippen LogP contribution in [0.15, 0.2) is 71.7 Å². The minimum Gasteiger partial charge on any atom is -0.383 e. The molecule has 0 fully saturated rings. The summed E-state index contributed by atoms with van der Waals surface area (Å²) in [6.07, 6.45) is 1.34. The minimum absolute atomic E-state index is 0.190. The number of nitrogens with zero attached hydrogens (tertiary/aromatic N) is 5. The van der Waals surface area contributed by atoms with E-state index in [1.54, 1.807) is 18.7 Å². The highest BCUT2D eigenvalue weighted by atomic mass is 16.5. The van der Waals surface area contributed by atoms with Gasteiger partial charge in [0.2, 0.25) is 11.7 Å². The van der Waals surface area contributed by atoms with Crippen LogP contribution < -0.4 is 16.0 Å². The van der Waals surface area contributed by atoms with Crippen LogP contribution in [-0.2, 0) is 0 Å². The van der Waals surface area contributed by atoms with Gasteiger partial charge in [-0.25, -0.2) is 9.97 Å². The summed E-state index contributed by atoms with van der Waals surface area (Å²) in [7, 11) is 0. The summed E-state index contributed by atoms with van der Waals surface area (Å²) < 4.78 is 5.12. The van der Waals surface area contributed by atoms with Gasteiger partial charge in [0, 0.05) is 23.9 Å². The number of nitrogen functional groups attached to an aromatic ring is 1. The highest BCUT2D eigenvalue weighted by molar-refractivity contribution is 6.10. The van der Waals surface area contributed by atoms with Crippen LogP contribution in [0.5, 0.6) is 0 Å². The van der Waals surface area contributed by atoms with Gasteiger partial charge < -0.3 is 15.6 Å². The number of carbonyl (C=O) groups is 1. The number of aromatic nitrogens is 4. The van der Waals surface area contributed by atoms with Crippen molar-refractivity contribution in [2.45, 2.75) is 33.7 Å². The molecule has 4 rings (SSSR count). The van der Waals surface area contributed by atoms with Gasteiger partial charge in [-0.2, -0.15) is 4.98 Å². The second kappa shape index (κ2) is 10.7. The summed E-state index contributed by atoms with van der Waals surface area (Å²) >= 11 is 0. The Morgan fingerprint density at radius 3 is 2.57 bits per heavy atom. The zero-order chi connectivity index (χ0) is 26.5. The Morgan fingerprint density at radius 2 is 1.89 bits per heavy atom. The van der Waals surface area contributed by atoms with Gasteiger partial charge in [0.05, 0.1) is 11.6 Å². The van der Waals surface area contributed by atoms with Gasteiger partial charge in [0.25, 0.3) is 5.91 Å². The molecule has 2 aromatic carbocycles. The van der Waals surface area contributed by atoms with Crippen molar-refractivity contribution in [1.82, 2.24) is 20.1 Å². The maximum atomic E-state index is 14.1. The van der Waals surface area contributed by atoms with E-state index >= 15 is 0 Å². The predicted molar refractivity (Wildman–Crippen MR) is 144 cm³/mol. The molecule has 9 heteroatoms. The number of hydrogen-bond acceptors (Lipinski definition) is 8. The van der Waals surface area contributed by atoms with Crippen molar-refractivity contribution in [3.63, 3.8) is 0 Å². The van der Waals surface area contributed by atoms with Gasteiger partial charge in [-0.15, -0.1) is 5.92 Å². The fourth-order valence-corrected chi connectivity index (χ4v) is 3.90. The largest absolute Gasteiger partial charge is 0.383 e. The van der Waals surface area contributed by atoms with Crippen LogP contribution in [0.3, 0.4) is 0 Å². The van der Waals surface area contributed by atoms with Crippen LogP contribution in [-0.4, -0.2) is 32.1 Å². The molecule has 0 aliphatic rings. The summed E-state index contributed by atoms with van der Waals surface area (Å²) in [4.78, 5) is 28.4. The number of aryl methyl sites for hydroxylation is 2. The van der Waals surface area contributed by atoms with Gasteiger partial charge in [-0.05, 0) is 44.5 Å². The Balaban J connectivity index is 1.74. The number of anilines is 3. The Bertz CT molecular complexity index is 1520. The summed E-state index contributed by atoms with van der Waals surface area (Å²) in [5, 5.41) is 7.26. The van der Waals surface area contributed by atoms with Gasteiger partial charge in [-0.1, -0.05) is 48.0 Å². The average Bonchev–Trinajstić information content (AvgIpc) is 3.30. The normalized spacial score (nSPS) is 11.2. The van der Waals surface area contributed by atoms with Crippen molar-refractivity contribution in [2.75, 3.05) is 16.0 Å². The third kappa shape index (κ3) is 5.18. The first-order valence-electron chi connectivity index (χ1n) is 11.6. The Kier molecular flexibility index (Phi) is 7.30. The molecule has 0 aliphatic carbocycles. The third-order valence-electron chi connectivity index (χ3n) is 5.73. The van der Waals surface area contributed by atoms with E-state index in [1.807, 2.05) is 62.4 Å². The maximum absolute atomic E-state index is 14.1. The molecule has 0 radical (unpaired) electrons. The lowest BCUT2D eigenvalue weighted by Gasteiger charge is -2.30. The monoisotopic (exact) mass is 493 g/mol. The van der Waals surface area contributed by atoms with Crippen molar-refractivity contribution in [1.29, 1.82) is 0 Å². The van der Waals surface area contributed by atoms with E-state index in [1.165, 1.54) is 6.33 Å². The molecule has 2 heterocycles. The lowest BCUT2D eigenvalue weighted by Crippen LogP contribution is -2.37. The van der Waals surface area contributed by atoms with Gasteiger partial charge in [0.15, 0.2) is 0 Å². The molecule has 4 aromatic rings. The van der Waals surface area contributed by atoms with Crippen LogP contribution in [0.25, 0.3) is 11.4 Å². The van der Waals surface area contributed by atoms with Crippen LogP contribution in [0.4, 0.5) is 17.3 Å². The molecule has 9 nitrogen and oxygen atoms in total. The van der Waals surface area contributed by atoms with Crippen molar-refractivity contribution in [3.05, 3.63) is 89.7 Å². The topological polar surface area (TPSA) is 123 Å². The van der Waals surface area contributed by atoms with Gasteiger partial charge in [-0.3, -0.25) is 9.69 Å². The van der Waals surface area contributed by atoms with E-state index in [-0.39, 0.29) is 17.5 Å². The molecule has 0 saturated heterocycles. The predicted octanol–water partition coefficient (Wildman–Crippen LogP) is 4.76. The number of nitrogens with two attached hydrogens (primary N) is 1. The Hall–Kier alpha value is -4.97. The van der Waals surface area contributed by atoms with Crippen molar-refractivity contribution in [2.24, 2.45) is 0 Å². The number of nitrogens with one attached hydrogen (secondary N) is 1. The molecule has 0 saturated carbocycles. The Morgan fingerprint density at radius 1 is 1.14 bits per heavy atom. The molecule has 1 amide bonds. The van der Waals surface area contributed by atoms with Crippen molar-refractivity contribution >= 4 is 23.2 Å². The fraction of sp³-hybridized carbons (Fsp3) is 0.179. The molecule has 2 aromatic heterocycles. The van der Waals surface area contributed by atoms with Gasteiger partial charge in [0.1, 0.15) is 23.5 Å². The van der Waals surface area contributed by atoms with Crippen LogP contribution in [0.1, 0.15) is 41.2 Å². The average molecular weight is 494 g/mol. The molecule has 3 N–H and O–H groups in total. The number of rotatable bonds is 7. The summed E-state index contributed by atoms with van der Waals surface area (Å²) in [6.45, 7) is 11.5. The lowest BCUT2D eigenvalue weighted by atomic mass is 9.99. The Labute approximate surface area is 215 Å². The molecule has 0 unspecified atom stereocenters. The smallest absolute Gasteiger partial charge is 0.264 e. The van der Waals surface area contributed by atoms with E-state index in [0.29, 0.717) is 39.8 Å². The molecule has 0 bridgehead atoms. The summed E-state index contributed by atoms with van der Waals surface area (Å²) in [5.41, 5.74) is 9.68.